The van der Waals surface area contributed by atoms with Gasteiger partial charge >= 0.3 is 0 Å². The zero-order chi connectivity index (χ0) is 13.8. The van der Waals surface area contributed by atoms with Crippen molar-refractivity contribution in [3.8, 4) is 0 Å². The van der Waals surface area contributed by atoms with Gasteiger partial charge < -0.3 is 10.1 Å². The average molecular weight is 347 g/mol. The van der Waals surface area contributed by atoms with Crippen LogP contribution in [0.25, 0.3) is 0 Å². The lowest BCUT2D eigenvalue weighted by atomic mass is 10.3. The lowest BCUT2D eigenvalue weighted by Gasteiger charge is -2.08. The molecular formula is C12H10BrClFN3O. The fourth-order valence-electron chi connectivity index (χ4n) is 1.45. The minimum Gasteiger partial charge on any atom is -0.377 e. The highest BCUT2D eigenvalue weighted by molar-refractivity contribution is 9.10. The van der Waals surface area contributed by atoms with E-state index < -0.39 is 5.82 Å². The summed E-state index contributed by atoms with van der Waals surface area (Å²) < 4.78 is 19.3. The van der Waals surface area contributed by atoms with E-state index in [0.29, 0.717) is 21.8 Å². The Morgan fingerprint density at radius 2 is 2.16 bits per heavy atom. The van der Waals surface area contributed by atoms with Crippen molar-refractivity contribution in [2.24, 2.45) is 0 Å². The van der Waals surface area contributed by atoms with E-state index in [9.17, 15) is 4.39 Å². The first-order chi connectivity index (χ1) is 9.08. The van der Waals surface area contributed by atoms with Gasteiger partial charge in [-0.1, -0.05) is 27.5 Å². The molecule has 0 spiro atoms. The molecule has 0 amide bonds. The fraction of sp³-hybridized carbons (Fsp3) is 0.167. The molecule has 0 unspecified atom stereocenters. The van der Waals surface area contributed by atoms with Crippen molar-refractivity contribution in [3.63, 3.8) is 0 Å². The summed E-state index contributed by atoms with van der Waals surface area (Å²) in [5.74, 6) is 0.445. The minimum absolute atomic E-state index is 0.234. The minimum atomic E-state index is -0.391. The number of ether oxygens (including phenoxy) is 1. The van der Waals surface area contributed by atoms with Crippen LogP contribution in [0.15, 0.2) is 28.7 Å². The number of nitrogens with zero attached hydrogens (tertiary/aromatic N) is 2. The third-order valence-corrected chi connectivity index (χ3v) is 2.90. The smallest absolute Gasteiger partial charge is 0.158 e. The Kier molecular flexibility index (Phi) is 4.68. The molecule has 19 heavy (non-hydrogen) atoms. The number of benzene rings is 1. The summed E-state index contributed by atoms with van der Waals surface area (Å²) in [6.07, 6.45) is 0. The topological polar surface area (TPSA) is 47.0 Å². The number of halogens is 3. The van der Waals surface area contributed by atoms with E-state index in [0.717, 1.165) is 0 Å². The van der Waals surface area contributed by atoms with Gasteiger partial charge in [-0.3, -0.25) is 0 Å². The first-order valence-corrected chi connectivity index (χ1v) is 6.50. The van der Waals surface area contributed by atoms with Crippen LogP contribution < -0.4 is 5.32 Å². The van der Waals surface area contributed by atoms with Crippen molar-refractivity contribution < 1.29 is 9.13 Å². The van der Waals surface area contributed by atoms with Gasteiger partial charge in [0, 0.05) is 17.6 Å². The van der Waals surface area contributed by atoms with Gasteiger partial charge in [0.1, 0.15) is 23.4 Å². The van der Waals surface area contributed by atoms with Crippen LogP contribution in [0.2, 0.25) is 5.15 Å². The first kappa shape index (κ1) is 14.2. The van der Waals surface area contributed by atoms with E-state index in [2.05, 4.69) is 31.2 Å². The summed E-state index contributed by atoms with van der Waals surface area (Å²) in [5.41, 5.74) is 0.307. The highest BCUT2D eigenvalue weighted by Gasteiger charge is 2.07. The van der Waals surface area contributed by atoms with Gasteiger partial charge in [0.15, 0.2) is 5.82 Å². The van der Waals surface area contributed by atoms with E-state index in [1.54, 1.807) is 12.1 Å². The highest BCUT2D eigenvalue weighted by atomic mass is 79.9. The molecule has 0 radical (unpaired) electrons. The second-order valence-electron chi connectivity index (χ2n) is 3.67. The number of hydrogen-bond acceptors (Lipinski definition) is 4. The largest absolute Gasteiger partial charge is 0.377 e. The molecule has 0 atom stereocenters. The zero-order valence-corrected chi connectivity index (χ0v) is 12.3. The van der Waals surface area contributed by atoms with Crippen LogP contribution in [-0.4, -0.2) is 17.1 Å². The molecule has 1 heterocycles. The van der Waals surface area contributed by atoms with Crippen LogP contribution in [0.5, 0.6) is 0 Å². The molecular weight excluding hydrogens is 337 g/mol. The zero-order valence-electron chi connectivity index (χ0n) is 9.95. The molecule has 0 aliphatic heterocycles. The Labute approximate surface area is 123 Å². The molecule has 4 nitrogen and oxygen atoms in total. The predicted octanol–water partition coefficient (Wildman–Crippen LogP) is 3.92. The summed E-state index contributed by atoms with van der Waals surface area (Å²) in [7, 11) is 1.53. The Morgan fingerprint density at radius 1 is 1.37 bits per heavy atom. The number of methoxy groups -OCH3 is 1. The second kappa shape index (κ2) is 6.27. The fourth-order valence-corrected chi connectivity index (χ4v) is 1.99. The van der Waals surface area contributed by atoms with Crippen molar-refractivity contribution in [1.29, 1.82) is 0 Å². The molecule has 0 aliphatic carbocycles. The maximum Gasteiger partial charge on any atom is 0.158 e. The van der Waals surface area contributed by atoms with Crippen molar-refractivity contribution in [2.75, 3.05) is 12.4 Å². The molecule has 0 saturated carbocycles. The number of aromatic nitrogens is 2. The Balaban J connectivity index is 2.27. The third kappa shape index (κ3) is 3.86. The molecule has 0 aliphatic rings. The lowest BCUT2D eigenvalue weighted by Crippen LogP contribution is -2.02. The van der Waals surface area contributed by atoms with Crippen LogP contribution in [0.4, 0.5) is 15.9 Å². The lowest BCUT2D eigenvalue weighted by molar-refractivity contribution is 0.178. The van der Waals surface area contributed by atoms with Crippen molar-refractivity contribution in [3.05, 3.63) is 45.5 Å². The van der Waals surface area contributed by atoms with E-state index in [4.69, 9.17) is 16.3 Å². The maximum atomic E-state index is 13.7. The van der Waals surface area contributed by atoms with Crippen LogP contribution in [-0.2, 0) is 11.3 Å². The molecule has 0 saturated heterocycles. The maximum absolute atomic E-state index is 13.7. The number of anilines is 2. The summed E-state index contributed by atoms with van der Waals surface area (Å²) in [5, 5.41) is 3.12. The van der Waals surface area contributed by atoms with Crippen molar-refractivity contribution >= 4 is 39.0 Å². The molecule has 1 aromatic carbocycles. The molecule has 0 fully saturated rings. The molecule has 1 N–H and O–H groups in total. The third-order valence-electron chi connectivity index (χ3n) is 2.21. The molecule has 1 aromatic heterocycles. The molecule has 100 valence electrons. The highest BCUT2D eigenvalue weighted by Crippen LogP contribution is 2.23. The first-order valence-electron chi connectivity index (χ1n) is 5.33. The molecule has 7 heteroatoms. The molecule has 0 bridgehead atoms. The Hall–Kier alpha value is -1.24. The number of rotatable bonds is 4. The van der Waals surface area contributed by atoms with Crippen LogP contribution in [0.3, 0.4) is 0 Å². The van der Waals surface area contributed by atoms with Gasteiger partial charge in [-0.25, -0.2) is 14.4 Å². The Bertz CT molecular complexity index is 597. The monoisotopic (exact) mass is 345 g/mol. The summed E-state index contributed by atoms with van der Waals surface area (Å²) >= 11 is 9.06. The standard InChI is InChI=1S/C12H10BrClFN3O/c1-19-6-12-17-10(14)5-11(18-12)16-9-3-2-7(13)4-8(9)15/h2-5H,6H2,1H3,(H,16,17,18). The molecule has 2 aromatic rings. The summed E-state index contributed by atoms with van der Waals surface area (Å²) in [6.45, 7) is 0.234. The Morgan fingerprint density at radius 3 is 2.84 bits per heavy atom. The average Bonchev–Trinajstić information content (AvgIpc) is 2.32. The number of nitrogens with one attached hydrogen (secondary N) is 1. The van der Waals surface area contributed by atoms with E-state index in [1.165, 1.54) is 19.2 Å². The summed E-state index contributed by atoms with van der Waals surface area (Å²) in [4.78, 5) is 8.16. The second-order valence-corrected chi connectivity index (χ2v) is 4.98. The van der Waals surface area contributed by atoms with Gasteiger partial charge in [0.2, 0.25) is 0 Å². The van der Waals surface area contributed by atoms with Gasteiger partial charge in [-0.2, -0.15) is 0 Å². The van der Waals surface area contributed by atoms with Crippen molar-refractivity contribution in [1.82, 2.24) is 9.97 Å². The van der Waals surface area contributed by atoms with E-state index in [-0.39, 0.29) is 11.8 Å². The van der Waals surface area contributed by atoms with E-state index >= 15 is 0 Å². The SMILES string of the molecule is COCc1nc(Cl)cc(Nc2ccc(Br)cc2F)n1. The normalized spacial score (nSPS) is 10.5. The van der Waals surface area contributed by atoms with Crippen LogP contribution in [0, 0.1) is 5.82 Å². The van der Waals surface area contributed by atoms with Gasteiger partial charge in [-0.05, 0) is 18.2 Å². The number of hydrogen-bond donors (Lipinski definition) is 1. The molecule has 2 rings (SSSR count). The van der Waals surface area contributed by atoms with Crippen LogP contribution >= 0.6 is 27.5 Å². The van der Waals surface area contributed by atoms with Crippen molar-refractivity contribution in [2.45, 2.75) is 6.61 Å². The van der Waals surface area contributed by atoms with Crippen LogP contribution in [0.1, 0.15) is 5.82 Å². The van der Waals surface area contributed by atoms with Gasteiger partial charge in [-0.15, -0.1) is 0 Å². The van der Waals surface area contributed by atoms with Gasteiger partial charge in [0.25, 0.3) is 0 Å². The van der Waals surface area contributed by atoms with Gasteiger partial charge in [0.05, 0.1) is 5.69 Å². The summed E-state index contributed by atoms with van der Waals surface area (Å²) in [6, 6.07) is 6.21. The predicted molar refractivity (Wildman–Crippen MR) is 75.1 cm³/mol. The van der Waals surface area contributed by atoms with E-state index in [1.807, 2.05) is 0 Å². The quantitative estimate of drug-likeness (QED) is 0.852.